The van der Waals surface area contributed by atoms with Crippen molar-refractivity contribution >= 4 is 29.1 Å². The van der Waals surface area contributed by atoms with Crippen molar-refractivity contribution in [2.24, 2.45) is 0 Å². The standard InChI is InChI=1S/C15H22Cl2N2O/c1-4-19(5-2)15(20)8-9-18-11(3)12-6-7-13(16)14(17)10-12/h6-7,10-11,18H,4-5,8-9H2,1-3H3. The topological polar surface area (TPSA) is 32.3 Å². The summed E-state index contributed by atoms with van der Waals surface area (Å²) in [5.74, 6) is 0.184. The van der Waals surface area contributed by atoms with Gasteiger partial charge in [0.25, 0.3) is 0 Å². The molecule has 0 saturated heterocycles. The SMILES string of the molecule is CCN(CC)C(=O)CCNC(C)c1ccc(Cl)c(Cl)c1. The first kappa shape index (κ1) is 17.3. The van der Waals surface area contributed by atoms with Crippen LogP contribution >= 0.6 is 23.2 Å². The molecule has 0 aliphatic rings. The molecule has 0 radical (unpaired) electrons. The van der Waals surface area contributed by atoms with Gasteiger partial charge in [-0.05, 0) is 38.5 Å². The zero-order valence-electron chi connectivity index (χ0n) is 12.2. The van der Waals surface area contributed by atoms with Crippen LogP contribution in [0.5, 0.6) is 0 Å². The molecule has 5 heteroatoms. The number of hydrogen-bond acceptors (Lipinski definition) is 2. The molecule has 0 saturated carbocycles. The molecule has 1 aromatic carbocycles. The fourth-order valence-corrected chi connectivity index (χ4v) is 2.34. The van der Waals surface area contributed by atoms with E-state index in [1.54, 1.807) is 6.07 Å². The van der Waals surface area contributed by atoms with Crippen molar-refractivity contribution in [2.75, 3.05) is 19.6 Å². The second kappa shape index (κ2) is 8.50. The predicted octanol–water partition coefficient (Wildman–Crippen LogP) is 3.90. The molecule has 1 unspecified atom stereocenters. The molecule has 1 rings (SSSR count). The summed E-state index contributed by atoms with van der Waals surface area (Å²) in [6.07, 6.45) is 0.507. The van der Waals surface area contributed by atoms with Crippen LogP contribution < -0.4 is 5.32 Å². The third kappa shape index (κ3) is 4.97. The largest absolute Gasteiger partial charge is 0.343 e. The summed E-state index contributed by atoms with van der Waals surface area (Å²) in [5, 5.41) is 4.44. The Hall–Kier alpha value is -0.770. The van der Waals surface area contributed by atoms with E-state index in [2.05, 4.69) is 5.32 Å². The van der Waals surface area contributed by atoms with Gasteiger partial charge in [-0.1, -0.05) is 29.3 Å². The van der Waals surface area contributed by atoms with Gasteiger partial charge in [0.1, 0.15) is 0 Å². The number of amides is 1. The molecule has 0 heterocycles. The minimum Gasteiger partial charge on any atom is -0.343 e. The average molecular weight is 317 g/mol. The molecule has 0 bridgehead atoms. The molecule has 0 fully saturated rings. The van der Waals surface area contributed by atoms with Gasteiger partial charge in [0.05, 0.1) is 10.0 Å². The van der Waals surface area contributed by atoms with Crippen molar-refractivity contribution in [3.05, 3.63) is 33.8 Å². The van der Waals surface area contributed by atoms with Crippen LogP contribution in [0.3, 0.4) is 0 Å². The zero-order valence-corrected chi connectivity index (χ0v) is 13.8. The first-order chi connectivity index (χ1) is 9.49. The van der Waals surface area contributed by atoms with E-state index in [0.717, 1.165) is 18.7 Å². The van der Waals surface area contributed by atoms with Crippen LogP contribution in [0.4, 0.5) is 0 Å². The molecule has 1 atom stereocenters. The normalized spacial score (nSPS) is 12.2. The van der Waals surface area contributed by atoms with E-state index in [9.17, 15) is 4.79 Å². The van der Waals surface area contributed by atoms with Gasteiger partial charge in [0.15, 0.2) is 0 Å². The van der Waals surface area contributed by atoms with E-state index in [1.165, 1.54) is 0 Å². The molecule has 1 amide bonds. The van der Waals surface area contributed by atoms with Crippen molar-refractivity contribution in [3.63, 3.8) is 0 Å². The van der Waals surface area contributed by atoms with E-state index in [0.29, 0.717) is 23.0 Å². The fourth-order valence-electron chi connectivity index (χ4n) is 2.03. The van der Waals surface area contributed by atoms with Gasteiger partial charge >= 0.3 is 0 Å². The Labute approximate surface area is 131 Å². The van der Waals surface area contributed by atoms with Crippen LogP contribution in [0.1, 0.15) is 38.8 Å². The van der Waals surface area contributed by atoms with Gasteiger partial charge < -0.3 is 10.2 Å². The second-order valence-electron chi connectivity index (χ2n) is 4.67. The summed E-state index contributed by atoms with van der Waals surface area (Å²) >= 11 is 11.9. The second-order valence-corrected chi connectivity index (χ2v) is 5.48. The van der Waals surface area contributed by atoms with Gasteiger partial charge in [-0.2, -0.15) is 0 Å². The summed E-state index contributed by atoms with van der Waals surface area (Å²) in [6.45, 7) is 8.20. The van der Waals surface area contributed by atoms with Crippen LogP contribution in [0.2, 0.25) is 10.0 Å². The van der Waals surface area contributed by atoms with Gasteiger partial charge in [0.2, 0.25) is 5.91 Å². The predicted molar refractivity (Wildman–Crippen MR) is 85.4 cm³/mol. The molecule has 20 heavy (non-hydrogen) atoms. The van der Waals surface area contributed by atoms with E-state index in [1.807, 2.05) is 37.8 Å². The minimum atomic E-state index is 0.134. The number of rotatable bonds is 7. The summed E-state index contributed by atoms with van der Waals surface area (Å²) in [5.41, 5.74) is 1.06. The third-order valence-electron chi connectivity index (χ3n) is 3.35. The summed E-state index contributed by atoms with van der Waals surface area (Å²) in [4.78, 5) is 13.7. The van der Waals surface area contributed by atoms with Crippen LogP contribution in [0.15, 0.2) is 18.2 Å². The molecular weight excluding hydrogens is 295 g/mol. The Balaban J connectivity index is 2.45. The highest BCUT2D eigenvalue weighted by molar-refractivity contribution is 6.42. The number of carbonyl (C=O) groups is 1. The Bertz CT molecular complexity index is 447. The Morgan fingerprint density at radius 3 is 2.45 bits per heavy atom. The van der Waals surface area contributed by atoms with E-state index < -0.39 is 0 Å². The highest BCUT2D eigenvalue weighted by atomic mass is 35.5. The molecular formula is C15H22Cl2N2O. The van der Waals surface area contributed by atoms with E-state index in [4.69, 9.17) is 23.2 Å². The van der Waals surface area contributed by atoms with Crippen molar-refractivity contribution < 1.29 is 4.79 Å². The van der Waals surface area contributed by atoms with Crippen LogP contribution in [-0.2, 0) is 4.79 Å². The lowest BCUT2D eigenvalue weighted by molar-refractivity contribution is -0.130. The lowest BCUT2D eigenvalue weighted by Gasteiger charge is -2.20. The zero-order chi connectivity index (χ0) is 15.1. The summed E-state index contributed by atoms with van der Waals surface area (Å²) in [6, 6.07) is 5.72. The van der Waals surface area contributed by atoms with Crippen molar-refractivity contribution in [2.45, 2.75) is 33.2 Å². The maximum atomic E-state index is 11.9. The molecule has 0 aromatic heterocycles. The van der Waals surface area contributed by atoms with Crippen molar-refractivity contribution in [1.82, 2.24) is 10.2 Å². The molecule has 112 valence electrons. The molecule has 1 N–H and O–H groups in total. The van der Waals surface area contributed by atoms with Crippen molar-refractivity contribution in [3.8, 4) is 0 Å². The quantitative estimate of drug-likeness (QED) is 0.827. The monoisotopic (exact) mass is 316 g/mol. The minimum absolute atomic E-state index is 0.134. The Kier molecular flexibility index (Phi) is 7.35. The van der Waals surface area contributed by atoms with Crippen molar-refractivity contribution in [1.29, 1.82) is 0 Å². The number of hydrogen-bond donors (Lipinski definition) is 1. The van der Waals surface area contributed by atoms with Gasteiger partial charge in [-0.15, -0.1) is 0 Å². The number of nitrogens with one attached hydrogen (secondary N) is 1. The molecule has 0 spiro atoms. The highest BCUT2D eigenvalue weighted by Crippen LogP contribution is 2.25. The molecule has 0 aliphatic carbocycles. The number of carbonyl (C=O) groups excluding carboxylic acids is 1. The van der Waals surface area contributed by atoms with E-state index >= 15 is 0 Å². The maximum absolute atomic E-state index is 11.9. The van der Waals surface area contributed by atoms with Gasteiger partial charge in [-0.3, -0.25) is 4.79 Å². The Morgan fingerprint density at radius 1 is 1.25 bits per heavy atom. The maximum Gasteiger partial charge on any atom is 0.223 e. The molecule has 1 aromatic rings. The molecule has 3 nitrogen and oxygen atoms in total. The average Bonchev–Trinajstić information content (AvgIpc) is 2.43. The Morgan fingerprint density at radius 2 is 1.90 bits per heavy atom. The van der Waals surface area contributed by atoms with Crippen LogP contribution in [-0.4, -0.2) is 30.4 Å². The third-order valence-corrected chi connectivity index (χ3v) is 4.09. The number of nitrogens with zero attached hydrogens (tertiary/aromatic N) is 1. The number of halogens is 2. The lowest BCUT2D eigenvalue weighted by Crippen LogP contribution is -2.33. The molecule has 0 aliphatic heterocycles. The first-order valence-corrected chi connectivity index (χ1v) is 7.71. The smallest absolute Gasteiger partial charge is 0.223 e. The summed E-state index contributed by atoms with van der Waals surface area (Å²) < 4.78 is 0. The summed E-state index contributed by atoms with van der Waals surface area (Å²) in [7, 11) is 0. The van der Waals surface area contributed by atoms with Crippen LogP contribution in [0, 0.1) is 0 Å². The van der Waals surface area contributed by atoms with E-state index in [-0.39, 0.29) is 11.9 Å². The lowest BCUT2D eigenvalue weighted by atomic mass is 10.1. The highest BCUT2D eigenvalue weighted by Gasteiger charge is 2.11. The van der Waals surface area contributed by atoms with Crippen LogP contribution in [0.25, 0.3) is 0 Å². The number of benzene rings is 1. The first-order valence-electron chi connectivity index (χ1n) is 6.95. The van der Waals surface area contributed by atoms with Gasteiger partial charge in [0, 0.05) is 32.1 Å². The van der Waals surface area contributed by atoms with Gasteiger partial charge in [-0.25, -0.2) is 0 Å². The fraction of sp³-hybridized carbons (Fsp3) is 0.533.